The number of hydrogen-bond donors (Lipinski definition) is 0. The van der Waals surface area contributed by atoms with Gasteiger partial charge in [-0.05, 0) is 97.1 Å². The molecule has 2 aliphatic carbocycles. The predicted octanol–water partition coefficient (Wildman–Crippen LogP) is 13.1. The molecule has 1 spiro atoms. The van der Waals surface area contributed by atoms with Crippen LogP contribution >= 0.6 is 11.8 Å². The second kappa shape index (κ2) is 12.6. The molecule has 8 aromatic carbocycles. The number of aromatic nitrogens is 3. The van der Waals surface area contributed by atoms with E-state index in [0.717, 1.165) is 34.2 Å². The summed E-state index contributed by atoms with van der Waals surface area (Å²) in [4.78, 5) is 18.2. The second-order valence-electron chi connectivity index (χ2n) is 15.1. The van der Waals surface area contributed by atoms with E-state index in [1.54, 1.807) is 0 Å². The summed E-state index contributed by atoms with van der Waals surface area (Å²) in [5.74, 6) is 1.97. The predicted molar refractivity (Wildman–Crippen MR) is 233 cm³/mol. The van der Waals surface area contributed by atoms with Crippen molar-refractivity contribution >= 4 is 28.6 Å². The maximum absolute atomic E-state index is 5.28. The maximum Gasteiger partial charge on any atom is 0.164 e. The van der Waals surface area contributed by atoms with Gasteiger partial charge in [-0.3, -0.25) is 0 Å². The minimum atomic E-state index is -0.411. The third-order valence-electron chi connectivity index (χ3n) is 12.0. The first-order chi connectivity index (χ1) is 28.2. The fourth-order valence-corrected chi connectivity index (χ4v) is 10.8. The highest BCUT2D eigenvalue weighted by Crippen LogP contribution is 2.62. The molecule has 0 unspecified atom stereocenters. The van der Waals surface area contributed by atoms with Crippen LogP contribution in [-0.4, -0.2) is 15.0 Å². The number of benzene rings is 8. The Morgan fingerprint density at radius 1 is 0.421 bits per heavy atom. The molecule has 0 atom stereocenters. The molecule has 266 valence electrons. The molecule has 0 amide bonds. The van der Waals surface area contributed by atoms with Gasteiger partial charge >= 0.3 is 0 Å². The molecule has 1 aliphatic heterocycles. The number of allylic oxidation sites excluding steroid dienone is 1. The molecule has 0 radical (unpaired) electrons. The zero-order chi connectivity index (χ0) is 37.5. The van der Waals surface area contributed by atoms with Crippen LogP contribution in [0, 0.1) is 0 Å². The van der Waals surface area contributed by atoms with Gasteiger partial charge in [-0.1, -0.05) is 176 Å². The summed E-state index contributed by atoms with van der Waals surface area (Å²) in [6.07, 6.45) is 5.42. The van der Waals surface area contributed by atoms with Gasteiger partial charge in [0.25, 0.3) is 0 Å². The summed E-state index contributed by atoms with van der Waals surface area (Å²) in [7, 11) is 0. The van der Waals surface area contributed by atoms with E-state index in [1.165, 1.54) is 65.1 Å². The van der Waals surface area contributed by atoms with Crippen molar-refractivity contribution in [1.82, 2.24) is 15.0 Å². The molecular weight excluding hydrogens is 711 g/mol. The van der Waals surface area contributed by atoms with Crippen LogP contribution in [0.2, 0.25) is 0 Å². The molecule has 3 nitrogen and oxygen atoms in total. The van der Waals surface area contributed by atoms with Crippen LogP contribution in [0.5, 0.6) is 0 Å². The first-order valence-corrected chi connectivity index (χ1v) is 20.3. The van der Waals surface area contributed by atoms with Crippen molar-refractivity contribution in [2.24, 2.45) is 0 Å². The van der Waals surface area contributed by atoms with E-state index in [2.05, 4.69) is 170 Å². The lowest BCUT2D eigenvalue weighted by atomic mass is 9.67. The van der Waals surface area contributed by atoms with Crippen LogP contribution in [0.1, 0.15) is 33.4 Å². The molecule has 2 heterocycles. The van der Waals surface area contributed by atoms with Crippen molar-refractivity contribution in [3.05, 3.63) is 215 Å². The smallest absolute Gasteiger partial charge is 0.164 e. The molecular formula is C53H33N3S. The second-order valence-corrected chi connectivity index (χ2v) is 16.1. The minimum absolute atomic E-state index is 0.411. The molecule has 0 N–H and O–H groups in total. The van der Waals surface area contributed by atoms with Crippen molar-refractivity contribution in [2.45, 2.75) is 21.6 Å². The summed E-state index contributed by atoms with van der Waals surface area (Å²) in [5, 5.41) is 2.51. The van der Waals surface area contributed by atoms with Gasteiger partial charge in [-0.2, -0.15) is 0 Å². The Hall–Kier alpha value is -6.88. The fraction of sp³-hybridized carbons (Fsp3) is 0.0377. The first kappa shape index (κ1) is 32.4. The first-order valence-electron chi connectivity index (χ1n) is 19.5. The van der Waals surface area contributed by atoms with Crippen LogP contribution in [0.15, 0.2) is 192 Å². The van der Waals surface area contributed by atoms with Gasteiger partial charge in [0.1, 0.15) is 0 Å². The van der Waals surface area contributed by atoms with Crippen molar-refractivity contribution in [1.29, 1.82) is 0 Å². The third-order valence-corrected chi connectivity index (χ3v) is 13.1. The van der Waals surface area contributed by atoms with Crippen LogP contribution in [0.3, 0.4) is 0 Å². The van der Waals surface area contributed by atoms with Gasteiger partial charge < -0.3 is 0 Å². The lowest BCUT2D eigenvalue weighted by Gasteiger charge is -2.39. The monoisotopic (exact) mass is 743 g/mol. The van der Waals surface area contributed by atoms with Crippen LogP contribution in [0.4, 0.5) is 0 Å². The van der Waals surface area contributed by atoms with Crippen LogP contribution < -0.4 is 0 Å². The Balaban J connectivity index is 1.05. The van der Waals surface area contributed by atoms with Gasteiger partial charge in [0, 0.05) is 26.5 Å². The van der Waals surface area contributed by atoms with E-state index in [-0.39, 0.29) is 0 Å². The zero-order valence-electron chi connectivity index (χ0n) is 30.9. The molecule has 57 heavy (non-hydrogen) atoms. The summed E-state index contributed by atoms with van der Waals surface area (Å²) in [6.45, 7) is 0. The molecule has 0 bridgehead atoms. The molecule has 0 fully saturated rings. The van der Waals surface area contributed by atoms with Crippen molar-refractivity contribution < 1.29 is 0 Å². The molecule has 4 heteroatoms. The summed E-state index contributed by atoms with van der Waals surface area (Å²) in [5.41, 5.74) is 15.2. The van der Waals surface area contributed by atoms with Gasteiger partial charge in [0.15, 0.2) is 17.5 Å². The largest absolute Gasteiger partial charge is 0.208 e. The molecule has 3 aliphatic rings. The highest BCUT2D eigenvalue weighted by molar-refractivity contribution is 7.99. The maximum atomic E-state index is 5.28. The lowest BCUT2D eigenvalue weighted by molar-refractivity contribution is 0.722. The SMILES string of the molecule is C1=Cc2cc(-c3nc(-c4ccccc4)nc(-c4ccccc4-c4ccc5c(c4)Sc4ccccc4C54c5ccccc5-c5ccccc54)n3)cc3cccc(c23)C1. The molecule has 0 saturated heterocycles. The molecule has 0 saturated carbocycles. The number of hydrogen-bond acceptors (Lipinski definition) is 4. The van der Waals surface area contributed by atoms with E-state index >= 15 is 0 Å². The lowest BCUT2D eigenvalue weighted by Crippen LogP contribution is -2.31. The quantitative estimate of drug-likeness (QED) is 0.180. The topological polar surface area (TPSA) is 38.7 Å². The minimum Gasteiger partial charge on any atom is -0.208 e. The van der Waals surface area contributed by atoms with Gasteiger partial charge in [-0.15, -0.1) is 0 Å². The normalized spacial score (nSPS) is 13.9. The molecule has 1 aromatic heterocycles. The highest BCUT2D eigenvalue weighted by atomic mass is 32.2. The third kappa shape index (κ3) is 4.84. The van der Waals surface area contributed by atoms with E-state index in [9.17, 15) is 0 Å². The number of rotatable bonds is 4. The van der Waals surface area contributed by atoms with Crippen molar-refractivity contribution in [3.63, 3.8) is 0 Å². The highest BCUT2D eigenvalue weighted by Gasteiger charge is 2.50. The Morgan fingerprint density at radius 2 is 1.05 bits per heavy atom. The standard InChI is InChI=1S/C53H33N3S/c1-2-14-34(15-3-1)50-54-51(38-30-36-18-12-16-33-17-13-19-37(31-38)49(33)36)56-52(55-50)42-23-5-4-20-39(42)35-28-29-46-48(32-35)57-47-27-11-10-26-45(47)53(46)43-24-8-6-21-40(43)41-22-7-9-25-44(41)53/h1-16,18-32H,17H2. The number of nitrogens with zero attached hydrogens (tertiary/aromatic N) is 3. The number of fused-ring (bicyclic) bond motifs is 9. The Morgan fingerprint density at radius 3 is 1.84 bits per heavy atom. The average Bonchev–Trinajstić information content (AvgIpc) is 3.57. The van der Waals surface area contributed by atoms with E-state index in [0.29, 0.717) is 17.5 Å². The van der Waals surface area contributed by atoms with Crippen molar-refractivity contribution in [2.75, 3.05) is 0 Å². The van der Waals surface area contributed by atoms with E-state index < -0.39 is 5.41 Å². The summed E-state index contributed by atoms with van der Waals surface area (Å²) >= 11 is 1.87. The van der Waals surface area contributed by atoms with Gasteiger partial charge in [0.2, 0.25) is 0 Å². The molecule has 9 aromatic rings. The Kier molecular flexibility index (Phi) is 7.14. The Bertz CT molecular complexity index is 3100. The fourth-order valence-electron chi connectivity index (χ4n) is 9.58. The zero-order valence-corrected chi connectivity index (χ0v) is 31.7. The van der Waals surface area contributed by atoms with Crippen LogP contribution in [0.25, 0.3) is 73.3 Å². The van der Waals surface area contributed by atoms with Crippen molar-refractivity contribution in [3.8, 4) is 56.4 Å². The van der Waals surface area contributed by atoms with Crippen LogP contribution in [-0.2, 0) is 11.8 Å². The van der Waals surface area contributed by atoms with E-state index in [4.69, 9.17) is 15.0 Å². The van der Waals surface area contributed by atoms with E-state index in [1.807, 2.05) is 30.0 Å². The average molecular weight is 744 g/mol. The summed E-state index contributed by atoms with van der Waals surface area (Å²) < 4.78 is 0. The Labute approximate surface area is 335 Å². The molecule has 12 rings (SSSR count). The van der Waals surface area contributed by atoms with Gasteiger partial charge in [0.05, 0.1) is 5.41 Å². The summed E-state index contributed by atoms with van der Waals surface area (Å²) in [6, 6.07) is 63.8. The van der Waals surface area contributed by atoms with Gasteiger partial charge in [-0.25, -0.2) is 15.0 Å².